The summed E-state index contributed by atoms with van der Waals surface area (Å²) >= 11 is 0. The molecule has 3 rings (SSSR count). The molecule has 0 aromatic heterocycles. The Labute approximate surface area is 169 Å². The molecule has 2 aliphatic rings. The Morgan fingerprint density at radius 2 is 1.54 bits per heavy atom. The lowest BCUT2D eigenvalue weighted by atomic mass is 9.96. The quantitative estimate of drug-likeness (QED) is 0.804. The minimum Gasteiger partial charge on any atom is -0.335 e. The van der Waals surface area contributed by atoms with Crippen LogP contribution in [-0.4, -0.2) is 61.8 Å². The minimum absolute atomic E-state index is 0.0956. The molecule has 1 atom stereocenters. The van der Waals surface area contributed by atoms with Crippen molar-refractivity contribution >= 4 is 15.9 Å². The highest BCUT2D eigenvalue weighted by molar-refractivity contribution is 7.89. The Morgan fingerprint density at radius 3 is 2.14 bits per heavy atom. The number of rotatable bonds is 5. The van der Waals surface area contributed by atoms with Crippen LogP contribution in [-0.2, 0) is 14.8 Å². The Kier molecular flexibility index (Phi) is 7.48. The zero-order valence-electron chi connectivity index (χ0n) is 16.9. The van der Waals surface area contributed by atoms with E-state index in [0.717, 1.165) is 0 Å². The van der Waals surface area contributed by atoms with Crippen LogP contribution in [0.5, 0.6) is 0 Å². The molecule has 0 bridgehead atoms. The van der Waals surface area contributed by atoms with E-state index < -0.39 is 10.0 Å². The Morgan fingerprint density at radius 1 is 0.964 bits per heavy atom. The van der Waals surface area contributed by atoms with E-state index in [0.29, 0.717) is 37.1 Å². The number of amides is 1. The van der Waals surface area contributed by atoms with Crippen LogP contribution in [0.4, 0.5) is 0 Å². The average molecular weight is 409 g/mol. The number of carbonyl (C=O) groups is 1. The fourth-order valence-electron chi connectivity index (χ4n) is 4.35. The van der Waals surface area contributed by atoms with Gasteiger partial charge in [0.2, 0.25) is 10.0 Å². The largest absolute Gasteiger partial charge is 0.335 e. The maximum atomic E-state index is 12.9. The number of hydrogen-bond acceptors (Lipinski definition) is 3. The molecule has 0 unspecified atom stereocenters. The number of quaternary nitrogens is 1. The topological polar surface area (TPSA) is 74.3 Å². The zero-order valence-corrected chi connectivity index (χ0v) is 17.7. The third-order valence-corrected chi connectivity index (χ3v) is 7.94. The SMILES string of the molecule is C[C@@H]([NH2+]C1CCCCCCC1)C(=O)N1CCN(S(=O)(=O)c2ccccc2)CC1. The molecule has 1 saturated carbocycles. The number of nitrogens with two attached hydrogens (primary N) is 1. The molecule has 6 nitrogen and oxygen atoms in total. The first kappa shape index (κ1) is 21.3. The predicted octanol–water partition coefficient (Wildman–Crippen LogP) is 1.58. The lowest BCUT2D eigenvalue weighted by molar-refractivity contribution is -0.708. The summed E-state index contributed by atoms with van der Waals surface area (Å²) in [5.74, 6) is 0.138. The van der Waals surface area contributed by atoms with E-state index in [1.54, 1.807) is 24.3 Å². The molecule has 2 fully saturated rings. The van der Waals surface area contributed by atoms with Gasteiger partial charge in [-0.3, -0.25) is 4.79 Å². The van der Waals surface area contributed by atoms with Crippen LogP contribution in [0.25, 0.3) is 0 Å². The Balaban J connectivity index is 1.51. The third kappa shape index (κ3) is 5.33. The van der Waals surface area contributed by atoms with Gasteiger partial charge in [0, 0.05) is 26.2 Å². The van der Waals surface area contributed by atoms with Crippen LogP contribution in [0, 0.1) is 0 Å². The van der Waals surface area contributed by atoms with Crippen molar-refractivity contribution in [2.75, 3.05) is 26.2 Å². The van der Waals surface area contributed by atoms with Crippen LogP contribution in [0.15, 0.2) is 35.2 Å². The minimum atomic E-state index is -3.47. The van der Waals surface area contributed by atoms with E-state index in [1.807, 2.05) is 17.9 Å². The van der Waals surface area contributed by atoms with Crippen LogP contribution >= 0.6 is 0 Å². The van der Waals surface area contributed by atoms with Crippen molar-refractivity contribution in [3.63, 3.8) is 0 Å². The first-order valence-electron chi connectivity index (χ1n) is 10.7. The second-order valence-corrected chi connectivity index (χ2v) is 10.1. The Bertz CT molecular complexity index is 723. The second-order valence-electron chi connectivity index (χ2n) is 8.13. The molecule has 1 aromatic rings. The van der Waals surface area contributed by atoms with Crippen molar-refractivity contribution in [1.29, 1.82) is 0 Å². The summed E-state index contributed by atoms with van der Waals surface area (Å²) in [5.41, 5.74) is 0. The predicted molar refractivity (Wildman–Crippen MR) is 109 cm³/mol. The van der Waals surface area contributed by atoms with E-state index in [4.69, 9.17) is 0 Å². The van der Waals surface area contributed by atoms with Crippen LogP contribution < -0.4 is 5.32 Å². The van der Waals surface area contributed by atoms with Gasteiger partial charge in [0.05, 0.1) is 10.9 Å². The maximum absolute atomic E-state index is 12.9. The van der Waals surface area contributed by atoms with Crippen LogP contribution in [0.2, 0.25) is 0 Å². The highest BCUT2D eigenvalue weighted by Gasteiger charge is 2.33. The molecule has 1 aromatic carbocycles. The molecular weight excluding hydrogens is 374 g/mol. The van der Waals surface area contributed by atoms with Gasteiger partial charge in [0.1, 0.15) is 0 Å². The summed E-state index contributed by atoms with van der Waals surface area (Å²) in [5, 5.41) is 2.25. The summed E-state index contributed by atoms with van der Waals surface area (Å²) in [6.07, 6.45) is 8.88. The smallest absolute Gasteiger partial charge is 0.280 e. The number of piperazine rings is 1. The van der Waals surface area contributed by atoms with Gasteiger partial charge in [-0.2, -0.15) is 4.31 Å². The lowest BCUT2D eigenvalue weighted by Gasteiger charge is -2.35. The van der Waals surface area contributed by atoms with Gasteiger partial charge >= 0.3 is 0 Å². The summed E-state index contributed by atoms with van der Waals surface area (Å²) in [6.45, 7) is 3.65. The first-order valence-corrected chi connectivity index (χ1v) is 12.1. The van der Waals surface area contributed by atoms with Gasteiger partial charge in [-0.05, 0) is 44.7 Å². The molecule has 1 heterocycles. The Hall–Kier alpha value is -1.44. The fraction of sp³-hybridized carbons (Fsp3) is 0.667. The second kappa shape index (κ2) is 9.85. The highest BCUT2D eigenvalue weighted by atomic mass is 32.2. The monoisotopic (exact) mass is 408 g/mol. The molecule has 1 amide bonds. The van der Waals surface area contributed by atoms with Gasteiger partial charge in [-0.25, -0.2) is 8.42 Å². The summed E-state index contributed by atoms with van der Waals surface area (Å²) in [4.78, 5) is 15.0. The van der Waals surface area contributed by atoms with Gasteiger partial charge in [-0.15, -0.1) is 0 Å². The number of benzene rings is 1. The van der Waals surface area contributed by atoms with Gasteiger partial charge in [0.25, 0.3) is 5.91 Å². The fourth-order valence-corrected chi connectivity index (χ4v) is 5.79. The van der Waals surface area contributed by atoms with Crippen molar-refractivity contribution in [2.45, 2.75) is 68.8 Å². The van der Waals surface area contributed by atoms with E-state index in [-0.39, 0.29) is 11.9 Å². The van der Waals surface area contributed by atoms with Crippen molar-refractivity contribution in [1.82, 2.24) is 9.21 Å². The van der Waals surface area contributed by atoms with Crippen LogP contribution in [0.3, 0.4) is 0 Å². The molecule has 1 saturated heterocycles. The standard InChI is InChI=1S/C21H33N3O3S/c1-18(22-19-10-6-3-2-4-7-11-19)21(25)23-14-16-24(17-15-23)28(26,27)20-12-8-5-9-13-20/h5,8-9,12-13,18-19,22H,2-4,6-7,10-11,14-17H2,1H3/p+1/t18-/m1/s1. The van der Waals surface area contributed by atoms with E-state index in [9.17, 15) is 13.2 Å². The summed E-state index contributed by atoms with van der Waals surface area (Å²) in [7, 11) is -3.47. The maximum Gasteiger partial charge on any atom is 0.280 e. The third-order valence-electron chi connectivity index (χ3n) is 6.03. The molecular formula is C21H34N3O3S+. The molecule has 1 aliphatic heterocycles. The molecule has 0 radical (unpaired) electrons. The molecule has 28 heavy (non-hydrogen) atoms. The van der Waals surface area contributed by atoms with E-state index in [1.165, 1.54) is 49.3 Å². The molecule has 7 heteroatoms. The molecule has 156 valence electrons. The number of nitrogens with zero attached hydrogens (tertiary/aromatic N) is 2. The van der Waals surface area contributed by atoms with Crippen molar-refractivity contribution in [2.24, 2.45) is 0 Å². The zero-order chi connectivity index (χ0) is 20.0. The summed E-state index contributed by atoms with van der Waals surface area (Å²) < 4.78 is 27.0. The van der Waals surface area contributed by atoms with Gasteiger partial charge in [0.15, 0.2) is 6.04 Å². The van der Waals surface area contributed by atoms with E-state index >= 15 is 0 Å². The molecule has 0 spiro atoms. The van der Waals surface area contributed by atoms with Crippen molar-refractivity contribution < 1.29 is 18.5 Å². The number of sulfonamides is 1. The van der Waals surface area contributed by atoms with Gasteiger partial charge in [-0.1, -0.05) is 37.5 Å². The molecule has 2 N–H and O–H groups in total. The normalized spacial score (nSPS) is 21.7. The van der Waals surface area contributed by atoms with Crippen molar-refractivity contribution in [3.05, 3.63) is 30.3 Å². The lowest BCUT2D eigenvalue weighted by Crippen LogP contribution is -2.96. The van der Waals surface area contributed by atoms with E-state index in [2.05, 4.69) is 5.32 Å². The molecule has 1 aliphatic carbocycles. The first-order chi connectivity index (χ1) is 13.5. The van der Waals surface area contributed by atoms with Crippen molar-refractivity contribution in [3.8, 4) is 0 Å². The average Bonchev–Trinajstić information content (AvgIpc) is 2.70. The number of carbonyl (C=O) groups excluding carboxylic acids is 1. The highest BCUT2D eigenvalue weighted by Crippen LogP contribution is 2.18. The summed E-state index contributed by atoms with van der Waals surface area (Å²) in [6, 6.07) is 8.97. The number of hydrogen-bond donors (Lipinski definition) is 1. The van der Waals surface area contributed by atoms with Gasteiger partial charge < -0.3 is 10.2 Å². The van der Waals surface area contributed by atoms with Crippen LogP contribution in [0.1, 0.15) is 51.9 Å².